The summed E-state index contributed by atoms with van der Waals surface area (Å²) in [5.74, 6) is -0.0619. The van der Waals surface area contributed by atoms with E-state index in [1.54, 1.807) is 45.4 Å². The molecule has 0 N–H and O–H groups in total. The summed E-state index contributed by atoms with van der Waals surface area (Å²) in [4.78, 5) is 2.26. The van der Waals surface area contributed by atoms with Crippen LogP contribution in [0.5, 0.6) is 5.75 Å². The highest BCUT2D eigenvalue weighted by molar-refractivity contribution is 7.89. The molecule has 216 valence electrons. The fourth-order valence-corrected chi connectivity index (χ4v) is 8.04. The maximum absolute atomic E-state index is 14.1. The Morgan fingerprint density at radius 2 is 1.71 bits per heavy atom. The van der Waals surface area contributed by atoms with Gasteiger partial charge in [0.2, 0.25) is 10.0 Å². The van der Waals surface area contributed by atoms with Gasteiger partial charge in [0.25, 0.3) is 0 Å². The number of nitrogens with zero attached hydrogens (tertiary/aromatic N) is 4. The normalized spacial score (nSPS) is 20.3. The summed E-state index contributed by atoms with van der Waals surface area (Å²) >= 11 is 0. The molecule has 4 aromatic rings. The van der Waals surface area contributed by atoms with Crippen LogP contribution in [0.3, 0.4) is 0 Å². The molecule has 0 spiro atoms. The van der Waals surface area contributed by atoms with E-state index in [-0.39, 0.29) is 23.1 Å². The van der Waals surface area contributed by atoms with Crippen LogP contribution in [0.15, 0.2) is 83.4 Å². The lowest BCUT2D eigenvalue weighted by atomic mass is 9.66. The third kappa shape index (κ3) is 4.59. The van der Waals surface area contributed by atoms with Gasteiger partial charge in [-0.25, -0.2) is 21.9 Å². The summed E-state index contributed by atoms with van der Waals surface area (Å²) in [6.07, 6.45) is 5.58. The van der Waals surface area contributed by atoms with E-state index in [1.807, 2.05) is 19.3 Å². The number of sulfonamides is 1. The van der Waals surface area contributed by atoms with Gasteiger partial charge in [-0.2, -0.15) is 9.40 Å². The smallest absolute Gasteiger partial charge is 0.243 e. The van der Waals surface area contributed by atoms with Gasteiger partial charge in [-0.15, -0.1) is 0 Å². The van der Waals surface area contributed by atoms with Crippen LogP contribution < -0.4 is 9.64 Å². The Morgan fingerprint density at radius 3 is 2.48 bits per heavy atom. The van der Waals surface area contributed by atoms with Crippen molar-refractivity contribution in [3.63, 3.8) is 0 Å². The molecule has 1 saturated heterocycles. The third-order valence-corrected chi connectivity index (χ3v) is 10.5. The van der Waals surface area contributed by atoms with Crippen molar-refractivity contribution in [3.8, 4) is 11.4 Å². The van der Waals surface area contributed by atoms with E-state index < -0.39 is 15.4 Å². The van der Waals surface area contributed by atoms with Crippen LogP contribution in [-0.4, -0.2) is 55.8 Å². The fourth-order valence-electron chi connectivity index (χ4n) is 6.50. The SMILES string of the molecule is CN1CCOc2cc(S(=O)(=O)N3CCC4=Cc5c(cnn5-c5ccc(F)cc5)CC4(Cc4ccc(F)cc4)C3)ccc21. The molecule has 0 radical (unpaired) electrons. The zero-order chi connectivity index (χ0) is 29.1. The van der Waals surface area contributed by atoms with Gasteiger partial charge in [0.15, 0.2) is 0 Å². The van der Waals surface area contributed by atoms with Gasteiger partial charge < -0.3 is 9.64 Å². The highest BCUT2D eigenvalue weighted by atomic mass is 32.2. The number of fused-ring (bicyclic) bond motifs is 3. The largest absolute Gasteiger partial charge is 0.490 e. The average Bonchev–Trinajstić information content (AvgIpc) is 3.39. The van der Waals surface area contributed by atoms with Crippen molar-refractivity contribution in [1.29, 1.82) is 0 Å². The number of benzene rings is 3. The minimum absolute atomic E-state index is 0.210. The number of hydrogen-bond donors (Lipinski definition) is 0. The lowest BCUT2D eigenvalue weighted by Crippen LogP contribution is -2.50. The van der Waals surface area contributed by atoms with Crippen molar-refractivity contribution in [2.45, 2.75) is 24.2 Å². The van der Waals surface area contributed by atoms with E-state index in [2.05, 4.69) is 16.1 Å². The first kappa shape index (κ1) is 26.9. The Balaban J connectivity index is 1.27. The molecule has 0 bridgehead atoms. The third-order valence-electron chi connectivity index (χ3n) is 8.71. The lowest BCUT2D eigenvalue weighted by Gasteiger charge is -2.46. The molecule has 1 aliphatic carbocycles. The van der Waals surface area contributed by atoms with E-state index in [4.69, 9.17) is 4.74 Å². The predicted molar refractivity (Wildman–Crippen MR) is 156 cm³/mol. The van der Waals surface area contributed by atoms with Crippen molar-refractivity contribution in [1.82, 2.24) is 14.1 Å². The monoisotopic (exact) mass is 588 g/mol. The van der Waals surface area contributed by atoms with Gasteiger partial charge in [0, 0.05) is 31.6 Å². The summed E-state index contributed by atoms with van der Waals surface area (Å²) in [6.45, 7) is 1.85. The molecule has 10 heteroatoms. The van der Waals surface area contributed by atoms with Crippen LogP contribution in [0.1, 0.15) is 23.2 Å². The van der Waals surface area contributed by atoms with Crippen molar-refractivity contribution < 1.29 is 21.9 Å². The summed E-state index contributed by atoms with van der Waals surface area (Å²) in [5, 5.41) is 4.62. The Morgan fingerprint density at radius 1 is 0.976 bits per heavy atom. The van der Waals surface area contributed by atoms with Crippen molar-refractivity contribution in [3.05, 3.63) is 107 Å². The molecule has 7 rings (SSSR count). The maximum atomic E-state index is 14.1. The second kappa shape index (κ2) is 10.1. The quantitative estimate of drug-likeness (QED) is 0.319. The Hall–Kier alpha value is -4.02. The maximum Gasteiger partial charge on any atom is 0.243 e. The van der Waals surface area contributed by atoms with Gasteiger partial charge in [0.1, 0.15) is 24.0 Å². The molecule has 3 heterocycles. The molecule has 2 aliphatic heterocycles. The number of hydrogen-bond acceptors (Lipinski definition) is 5. The summed E-state index contributed by atoms with van der Waals surface area (Å²) in [5.41, 5.74) is 5.03. The van der Waals surface area contributed by atoms with Crippen molar-refractivity contribution in [2.75, 3.05) is 38.2 Å². The van der Waals surface area contributed by atoms with E-state index >= 15 is 0 Å². The number of anilines is 1. The number of aromatic nitrogens is 2. The van der Waals surface area contributed by atoms with Crippen LogP contribution in [-0.2, 0) is 22.9 Å². The number of piperidine rings is 1. The molecule has 42 heavy (non-hydrogen) atoms. The van der Waals surface area contributed by atoms with Crippen LogP contribution in [0.2, 0.25) is 0 Å². The number of ether oxygens (including phenoxy) is 1. The minimum Gasteiger partial charge on any atom is -0.490 e. The fraction of sp³-hybridized carbons (Fsp3) is 0.281. The van der Waals surface area contributed by atoms with Crippen LogP contribution >= 0.6 is 0 Å². The first-order valence-electron chi connectivity index (χ1n) is 14.0. The van der Waals surface area contributed by atoms with E-state index in [9.17, 15) is 17.2 Å². The second-order valence-electron chi connectivity index (χ2n) is 11.4. The Bertz CT molecular complexity index is 1800. The highest BCUT2D eigenvalue weighted by Crippen LogP contribution is 2.47. The summed E-state index contributed by atoms with van der Waals surface area (Å²) in [7, 11) is -1.87. The zero-order valence-corrected chi connectivity index (χ0v) is 23.9. The number of rotatable bonds is 5. The van der Waals surface area contributed by atoms with E-state index in [0.29, 0.717) is 38.2 Å². The zero-order valence-electron chi connectivity index (χ0n) is 23.1. The first-order chi connectivity index (χ1) is 20.2. The molecule has 1 aromatic heterocycles. The van der Waals surface area contributed by atoms with Gasteiger partial charge >= 0.3 is 0 Å². The standard InChI is InChI=1S/C32H30F2N4O3S/c1-36-14-15-41-31-17-28(10-11-29(31)36)42(39,40)37-13-12-24-16-30-23(20-35-38(30)27-8-6-26(34)7-9-27)19-32(24,21-37)18-22-2-4-25(33)5-3-22/h2-11,16-17,20H,12-15,18-19,21H2,1H3. The van der Waals surface area contributed by atoms with Crippen LogP contribution in [0.4, 0.5) is 14.5 Å². The van der Waals surface area contributed by atoms with Gasteiger partial charge in [0.05, 0.1) is 34.7 Å². The Kier molecular flexibility index (Phi) is 6.43. The predicted octanol–water partition coefficient (Wildman–Crippen LogP) is 5.24. The molecule has 3 aromatic carbocycles. The van der Waals surface area contributed by atoms with Crippen molar-refractivity contribution in [2.24, 2.45) is 5.41 Å². The molecule has 3 aliphatic rings. The molecular weight excluding hydrogens is 558 g/mol. The van der Waals surface area contributed by atoms with Gasteiger partial charge in [-0.05, 0) is 85.0 Å². The number of halogens is 2. The van der Waals surface area contributed by atoms with E-state index in [1.165, 1.54) is 24.3 Å². The molecule has 0 saturated carbocycles. The second-order valence-corrected chi connectivity index (χ2v) is 13.3. The van der Waals surface area contributed by atoms with Gasteiger partial charge in [-0.1, -0.05) is 17.7 Å². The van der Waals surface area contributed by atoms with Gasteiger partial charge in [-0.3, -0.25) is 0 Å². The summed E-state index contributed by atoms with van der Waals surface area (Å²) in [6, 6.07) is 17.7. The topological polar surface area (TPSA) is 67.7 Å². The van der Waals surface area contributed by atoms with Crippen molar-refractivity contribution >= 4 is 21.8 Å². The molecule has 1 atom stereocenters. The average molecular weight is 589 g/mol. The van der Waals surface area contributed by atoms with Crippen LogP contribution in [0, 0.1) is 17.0 Å². The molecular formula is C32H30F2N4O3S. The lowest BCUT2D eigenvalue weighted by molar-refractivity contribution is 0.209. The molecule has 1 unspecified atom stereocenters. The molecule has 0 amide bonds. The van der Waals surface area contributed by atoms with E-state index in [0.717, 1.165) is 40.3 Å². The molecule has 7 nitrogen and oxygen atoms in total. The summed E-state index contributed by atoms with van der Waals surface area (Å²) < 4.78 is 64.7. The highest BCUT2D eigenvalue weighted by Gasteiger charge is 2.46. The van der Waals surface area contributed by atoms with Crippen LogP contribution in [0.25, 0.3) is 11.8 Å². The minimum atomic E-state index is -3.83. The number of likely N-dealkylation sites (N-methyl/N-ethyl adjacent to an activating group) is 1. The first-order valence-corrected chi connectivity index (χ1v) is 15.4. The molecule has 1 fully saturated rings. The Labute approximate surface area is 243 Å².